The maximum absolute atomic E-state index is 12.2. The summed E-state index contributed by atoms with van der Waals surface area (Å²) in [5.41, 5.74) is 3.31. The Bertz CT molecular complexity index is 727. The van der Waals surface area contributed by atoms with Crippen LogP contribution in [0.15, 0.2) is 36.4 Å². The average Bonchev–Trinajstić information content (AvgIpc) is 2.39. The van der Waals surface area contributed by atoms with Crippen LogP contribution in [-0.4, -0.2) is 11.0 Å². The summed E-state index contributed by atoms with van der Waals surface area (Å²) < 4.78 is 0. The maximum atomic E-state index is 12.2. The van der Waals surface area contributed by atoms with E-state index in [4.69, 9.17) is 35.4 Å². The molecule has 0 aliphatic rings. The largest absolute Gasteiger partial charge is 0.332 e. The van der Waals surface area contributed by atoms with E-state index in [1.165, 1.54) is 6.07 Å². The molecular formula is C16H14Cl2N2OS. The van der Waals surface area contributed by atoms with Crippen molar-refractivity contribution >= 4 is 52.1 Å². The number of hydrogen-bond donors (Lipinski definition) is 2. The molecule has 1 amide bonds. The van der Waals surface area contributed by atoms with Crippen molar-refractivity contribution in [3.63, 3.8) is 0 Å². The molecule has 0 spiro atoms. The number of anilines is 1. The predicted molar refractivity (Wildman–Crippen MR) is 96.1 cm³/mol. The van der Waals surface area contributed by atoms with Gasteiger partial charge in [0, 0.05) is 10.7 Å². The predicted octanol–water partition coefficient (Wildman–Crippen LogP) is 4.74. The molecule has 6 heteroatoms. The second kappa shape index (κ2) is 7.09. The van der Waals surface area contributed by atoms with E-state index in [2.05, 4.69) is 16.7 Å². The fourth-order valence-electron chi connectivity index (χ4n) is 2.05. The highest BCUT2D eigenvalue weighted by atomic mass is 35.5. The van der Waals surface area contributed by atoms with E-state index in [1.807, 2.05) is 26.0 Å². The van der Waals surface area contributed by atoms with Crippen molar-refractivity contribution in [3.8, 4) is 0 Å². The first-order chi connectivity index (χ1) is 10.3. The molecule has 0 radical (unpaired) electrons. The Hall–Kier alpha value is -1.62. The van der Waals surface area contributed by atoms with Crippen molar-refractivity contribution in [2.45, 2.75) is 13.8 Å². The summed E-state index contributed by atoms with van der Waals surface area (Å²) in [5, 5.41) is 6.52. The zero-order chi connectivity index (χ0) is 16.3. The van der Waals surface area contributed by atoms with Gasteiger partial charge in [-0.05, 0) is 67.5 Å². The molecule has 0 fully saturated rings. The standard InChI is InChI=1S/C16H14Cl2N2OS/c1-9-5-10(2)7-12(6-9)19-16(22)20-15(21)13-8-11(17)3-4-14(13)18/h3-8H,1-2H3,(H2,19,20,21,22). The molecule has 0 aliphatic heterocycles. The van der Waals surface area contributed by atoms with Gasteiger partial charge in [-0.1, -0.05) is 29.3 Å². The molecule has 0 saturated heterocycles. The van der Waals surface area contributed by atoms with Crippen LogP contribution in [0.5, 0.6) is 0 Å². The molecule has 0 saturated carbocycles. The lowest BCUT2D eigenvalue weighted by atomic mass is 10.1. The van der Waals surface area contributed by atoms with E-state index >= 15 is 0 Å². The first-order valence-electron chi connectivity index (χ1n) is 6.51. The van der Waals surface area contributed by atoms with Crippen molar-refractivity contribution in [1.82, 2.24) is 5.32 Å². The van der Waals surface area contributed by atoms with Gasteiger partial charge in [-0.25, -0.2) is 0 Å². The number of rotatable bonds is 2. The van der Waals surface area contributed by atoms with Gasteiger partial charge in [0.15, 0.2) is 5.11 Å². The summed E-state index contributed by atoms with van der Waals surface area (Å²) in [7, 11) is 0. The van der Waals surface area contributed by atoms with Crippen LogP contribution >= 0.6 is 35.4 Å². The van der Waals surface area contributed by atoms with Crippen LogP contribution in [-0.2, 0) is 0 Å². The highest BCUT2D eigenvalue weighted by Crippen LogP contribution is 2.20. The number of nitrogens with one attached hydrogen (secondary N) is 2. The Morgan fingerprint density at radius 2 is 1.68 bits per heavy atom. The second-order valence-corrected chi connectivity index (χ2v) is 6.16. The van der Waals surface area contributed by atoms with Crippen LogP contribution in [0.4, 0.5) is 5.69 Å². The summed E-state index contributed by atoms with van der Waals surface area (Å²) >= 11 is 17.0. The first-order valence-corrected chi connectivity index (χ1v) is 7.67. The maximum Gasteiger partial charge on any atom is 0.258 e. The van der Waals surface area contributed by atoms with Crippen molar-refractivity contribution < 1.29 is 4.79 Å². The summed E-state index contributed by atoms with van der Waals surface area (Å²) in [4.78, 5) is 12.2. The molecule has 0 aromatic heterocycles. The van der Waals surface area contributed by atoms with Crippen LogP contribution in [0, 0.1) is 13.8 Å². The Kier molecular flexibility index (Phi) is 5.40. The third-order valence-electron chi connectivity index (χ3n) is 2.88. The molecule has 2 aromatic rings. The highest BCUT2D eigenvalue weighted by molar-refractivity contribution is 7.80. The topological polar surface area (TPSA) is 41.1 Å². The number of hydrogen-bond acceptors (Lipinski definition) is 2. The van der Waals surface area contributed by atoms with Gasteiger partial charge in [0.2, 0.25) is 0 Å². The Morgan fingerprint density at radius 1 is 1.05 bits per heavy atom. The number of halogens is 2. The molecule has 0 unspecified atom stereocenters. The quantitative estimate of drug-likeness (QED) is 0.767. The summed E-state index contributed by atoms with van der Waals surface area (Å²) in [6, 6.07) is 10.6. The fourth-order valence-corrected chi connectivity index (χ4v) is 2.64. The minimum atomic E-state index is -0.408. The van der Waals surface area contributed by atoms with Gasteiger partial charge < -0.3 is 5.32 Å². The average molecular weight is 353 g/mol. The highest BCUT2D eigenvalue weighted by Gasteiger charge is 2.12. The third-order valence-corrected chi connectivity index (χ3v) is 3.65. The summed E-state index contributed by atoms with van der Waals surface area (Å²) in [6.07, 6.45) is 0. The molecule has 0 bridgehead atoms. The van der Waals surface area contributed by atoms with Gasteiger partial charge in [-0.3, -0.25) is 10.1 Å². The third kappa shape index (κ3) is 4.44. The Labute approximate surface area is 144 Å². The molecule has 0 heterocycles. The molecular weight excluding hydrogens is 339 g/mol. The summed E-state index contributed by atoms with van der Waals surface area (Å²) in [5.74, 6) is -0.408. The van der Waals surface area contributed by atoms with Gasteiger partial charge in [-0.15, -0.1) is 0 Å². The van der Waals surface area contributed by atoms with E-state index in [1.54, 1.807) is 12.1 Å². The lowest BCUT2D eigenvalue weighted by Crippen LogP contribution is -2.34. The minimum absolute atomic E-state index is 0.200. The van der Waals surface area contributed by atoms with Gasteiger partial charge in [0.05, 0.1) is 10.6 Å². The fraction of sp³-hybridized carbons (Fsp3) is 0.125. The van der Waals surface area contributed by atoms with Gasteiger partial charge in [-0.2, -0.15) is 0 Å². The molecule has 114 valence electrons. The monoisotopic (exact) mass is 352 g/mol. The van der Waals surface area contributed by atoms with E-state index in [0.717, 1.165) is 16.8 Å². The zero-order valence-corrected chi connectivity index (χ0v) is 14.4. The first kappa shape index (κ1) is 16.7. The van der Waals surface area contributed by atoms with Crippen LogP contribution in [0.2, 0.25) is 10.0 Å². The molecule has 22 heavy (non-hydrogen) atoms. The van der Waals surface area contributed by atoms with E-state index in [-0.39, 0.29) is 10.7 Å². The van der Waals surface area contributed by atoms with Crippen molar-refractivity contribution in [2.75, 3.05) is 5.32 Å². The number of carbonyl (C=O) groups is 1. The van der Waals surface area contributed by atoms with Crippen LogP contribution in [0.1, 0.15) is 21.5 Å². The minimum Gasteiger partial charge on any atom is -0.332 e. The molecule has 0 atom stereocenters. The molecule has 3 nitrogen and oxygen atoms in total. The number of benzene rings is 2. The van der Waals surface area contributed by atoms with Crippen molar-refractivity contribution in [3.05, 3.63) is 63.1 Å². The molecule has 0 aliphatic carbocycles. The van der Waals surface area contributed by atoms with Crippen molar-refractivity contribution in [2.24, 2.45) is 0 Å². The van der Waals surface area contributed by atoms with Gasteiger partial charge in [0.25, 0.3) is 5.91 Å². The lowest BCUT2D eigenvalue weighted by Gasteiger charge is -2.11. The molecule has 2 rings (SSSR count). The smallest absolute Gasteiger partial charge is 0.258 e. The summed E-state index contributed by atoms with van der Waals surface area (Å²) in [6.45, 7) is 3.98. The number of aryl methyl sites for hydroxylation is 2. The van der Waals surface area contributed by atoms with Crippen LogP contribution in [0.25, 0.3) is 0 Å². The van der Waals surface area contributed by atoms with Gasteiger partial charge in [0.1, 0.15) is 0 Å². The molecule has 2 aromatic carbocycles. The molecule has 2 N–H and O–H groups in total. The Balaban J connectivity index is 2.08. The van der Waals surface area contributed by atoms with Crippen LogP contribution < -0.4 is 10.6 Å². The lowest BCUT2D eigenvalue weighted by molar-refractivity contribution is 0.0978. The van der Waals surface area contributed by atoms with Gasteiger partial charge >= 0.3 is 0 Å². The van der Waals surface area contributed by atoms with Crippen LogP contribution in [0.3, 0.4) is 0 Å². The second-order valence-electron chi connectivity index (χ2n) is 4.91. The van der Waals surface area contributed by atoms with E-state index < -0.39 is 5.91 Å². The normalized spacial score (nSPS) is 10.2. The van der Waals surface area contributed by atoms with E-state index in [9.17, 15) is 4.79 Å². The SMILES string of the molecule is Cc1cc(C)cc(NC(=S)NC(=O)c2cc(Cl)ccc2Cl)c1. The van der Waals surface area contributed by atoms with Crippen molar-refractivity contribution in [1.29, 1.82) is 0 Å². The number of amides is 1. The number of thiocarbonyl (C=S) groups is 1. The van der Waals surface area contributed by atoms with E-state index in [0.29, 0.717) is 10.0 Å². The number of carbonyl (C=O) groups excluding carboxylic acids is 1. The zero-order valence-electron chi connectivity index (χ0n) is 12.0. The Morgan fingerprint density at radius 3 is 2.32 bits per heavy atom.